The highest BCUT2D eigenvalue weighted by atomic mass is 35.5. The first-order chi connectivity index (χ1) is 22.6. The summed E-state index contributed by atoms with van der Waals surface area (Å²) >= 11 is 7.81. The van der Waals surface area contributed by atoms with Crippen molar-refractivity contribution in [2.24, 2.45) is 12.5 Å². The van der Waals surface area contributed by atoms with E-state index in [9.17, 15) is 14.7 Å². The molecule has 2 aromatic heterocycles. The maximum atomic E-state index is 12.9. The molecule has 1 N–H and O–H groups in total. The second-order valence-corrected chi connectivity index (χ2v) is 15.7. The van der Waals surface area contributed by atoms with Gasteiger partial charge in [0.25, 0.3) is 0 Å². The maximum Gasteiger partial charge on any atom is 0.337 e. The van der Waals surface area contributed by atoms with Crippen LogP contribution in [-0.2, 0) is 21.4 Å². The number of anilines is 1. The topological polar surface area (TPSA) is 101 Å². The number of hydrogen-bond acceptors (Lipinski definition) is 7. The van der Waals surface area contributed by atoms with Gasteiger partial charge in [-0.25, -0.2) is 9.78 Å². The number of nitrogens with zero attached hydrogens (tertiary/aromatic N) is 5. The molecule has 5 aromatic rings. The van der Waals surface area contributed by atoms with E-state index in [1.54, 1.807) is 4.90 Å². The molecule has 0 spiro atoms. The number of carboxylic acids is 1. The van der Waals surface area contributed by atoms with E-state index >= 15 is 0 Å². The van der Waals surface area contributed by atoms with Crippen molar-refractivity contribution in [3.63, 3.8) is 0 Å². The second kappa shape index (κ2) is 12.5. The monoisotopic (exact) mass is 687 g/mol. The molecule has 1 fully saturated rings. The Bertz CT molecular complexity index is 2040. The van der Waals surface area contributed by atoms with Crippen LogP contribution >= 0.6 is 22.9 Å². The zero-order valence-electron chi connectivity index (χ0n) is 28.7. The Balaban J connectivity index is 1.46. The number of carbonyl (C=O) groups excluding carboxylic acids is 1. The fourth-order valence-corrected chi connectivity index (χ4v) is 7.99. The highest BCUT2D eigenvalue weighted by molar-refractivity contribution is 7.22. The fraction of sp³-hybridized carbons (Fsp3) is 0.405. The summed E-state index contributed by atoms with van der Waals surface area (Å²) in [5, 5.41) is 17.8. The number of aryl methyl sites for hydroxylation is 2. The van der Waals surface area contributed by atoms with E-state index in [4.69, 9.17) is 26.4 Å². The molecule has 3 aromatic carbocycles. The molecule has 1 aliphatic heterocycles. The Morgan fingerprint density at radius 2 is 1.71 bits per heavy atom. The van der Waals surface area contributed by atoms with E-state index in [1.807, 2.05) is 83.9 Å². The zero-order chi connectivity index (χ0) is 34.7. The number of thiazole rings is 1. The lowest BCUT2D eigenvalue weighted by molar-refractivity contribution is -0.160. The summed E-state index contributed by atoms with van der Waals surface area (Å²) in [4.78, 5) is 34.7. The van der Waals surface area contributed by atoms with Crippen molar-refractivity contribution in [3.05, 3.63) is 64.7 Å². The molecule has 1 atom stereocenters. The lowest BCUT2D eigenvalue weighted by atomic mass is 9.79. The Labute approximate surface area is 290 Å². The first-order valence-corrected chi connectivity index (χ1v) is 17.3. The van der Waals surface area contributed by atoms with Crippen LogP contribution in [-0.4, -0.2) is 69.4 Å². The molecular weight excluding hydrogens is 646 g/mol. The van der Waals surface area contributed by atoms with Gasteiger partial charge in [-0.15, -0.1) is 11.3 Å². The lowest BCUT2D eigenvalue weighted by Gasteiger charge is -2.39. The van der Waals surface area contributed by atoms with Crippen LogP contribution in [0, 0.1) is 12.3 Å². The number of aromatic nitrogens is 3. The maximum absolute atomic E-state index is 12.9. The Morgan fingerprint density at radius 3 is 2.31 bits per heavy atom. The summed E-state index contributed by atoms with van der Waals surface area (Å²) in [5.74, 6) is 0.0200. The van der Waals surface area contributed by atoms with Gasteiger partial charge in [0.2, 0.25) is 5.91 Å². The molecule has 0 saturated carbocycles. The van der Waals surface area contributed by atoms with E-state index in [-0.39, 0.29) is 11.3 Å². The van der Waals surface area contributed by atoms with Crippen LogP contribution in [0.2, 0.25) is 5.02 Å². The van der Waals surface area contributed by atoms with Gasteiger partial charge in [-0.2, -0.15) is 5.10 Å². The number of hydrogen-bond donors (Lipinski definition) is 1. The van der Waals surface area contributed by atoms with Crippen LogP contribution in [0.4, 0.5) is 5.82 Å². The number of ether oxygens (including phenoxy) is 1. The van der Waals surface area contributed by atoms with Crippen LogP contribution in [0.1, 0.15) is 57.8 Å². The normalized spacial score (nSPS) is 15.6. The number of carboxylic acid groups (broad SMARTS) is 1. The van der Waals surface area contributed by atoms with Gasteiger partial charge in [0.15, 0.2) is 11.9 Å². The van der Waals surface area contributed by atoms with Gasteiger partial charge in [-0.05, 0) is 88.1 Å². The van der Waals surface area contributed by atoms with Gasteiger partial charge in [-0.3, -0.25) is 9.48 Å². The average Bonchev–Trinajstić information content (AvgIpc) is 3.59. The van der Waals surface area contributed by atoms with Crippen LogP contribution in [0.5, 0.6) is 0 Å². The summed E-state index contributed by atoms with van der Waals surface area (Å²) in [5.41, 5.74) is 4.70. The minimum atomic E-state index is -1.18. The van der Waals surface area contributed by atoms with E-state index in [0.29, 0.717) is 10.6 Å². The molecule has 1 amide bonds. The van der Waals surface area contributed by atoms with Crippen molar-refractivity contribution in [2.75, 3.05) is 32.1 Å². The number of benzene rings is 3. The molecular formula is C37H42ClN5O4S. The first-order valence-electron chi connectivity index (χ1n) is 16.1. The fourth-order valence-electron chi connectivity index (χ4n) is 6.74. The third kappa shape index (κ3) is 6.29. The summed E-state index contributed by atoms with van der Waals surface area (Å²) in [6.07, 6.45) is 0.329. The van der Waals surface area contributed by atoms with Crippen molar-refractivity contribution in [2.45, 2.75) is 59.2 Å². The minimum absolute atomic E-state index is 0.169. The van der Waals surface area contributed by atoms with Gasteiger partial charge in [0.05, 0.1) is 21.3 Å². The average molecular weight is 688 g/mol. The van der Waals surface area contributed by atoms with E-state index in [0.717, 1.165) is 80.1 Å². The standard InChI is InChI=1S/C37H42ClN5O4S/c1-21-19-26-31(29(22-9-12-24(38)13-10-22)28(21)30(34(44)45)47-36(2,3)4)48-33(39-26)23-11-14-27-25(20-23)32(40-42(27)8)43-17-15-37(5,16-18-43)35(46)41(6)7/h9-14,19-20,30H,15-18H2,1-8H3,(H,44,45). The van der Waals surface area contributed by atoms with E-state index < -0.39 is 17.7 Å². The van der Waals surface area contributed by atoms with Crippen LogP contribution < -0.4 is 4.90 Å². The molecule has 1 aliphatic rings. The Hall–Kier alpha value is -3.99. The summed E-state index contributed by atoms with van der Waals surface area (Å²) < 4.78 is 8.96. The van der Waals surface area contributed by atoms with Crippen LogP contribution in [0.25, 0.3) is 42.8 Å². The first kappa shape index (κ1) is 33.9. The number of halogens is 1. The molecule has 3 heterocycles. The van der Waals surface area contributed by atoms with Crippen molar-refractivity contribution in [3.8, 4) is 21.7 Å². The van der Waals surface area contributed by atoms with Crippen LogP contribution in [0.3, 0.4) is 0 Å². The van der Waals surface area contributed by atoms with Crippen molar-refractivity contribution in [1.29, 1.82) is 0 Å². The predicted molar refractivity (Wildman–Crippen MR) is 194 cm³/mol. The number of rotatable bonds is 7. The van der Waals surface area contributed by atoms with Gasteiger partial charge in [-0.1, -0.05) is 30.7 Å². The highest BCUT2D eigenvalue weighted by Crippen LogP contribution is 2.45. The van der Waals surface area contributed by atoms with Crippen molar-refractivity contribution in [1.82, 2.24) is 19.7 Å². The van der Waals surface area contributed by atoms with Crippen molar-refractivity contribution < 1.29 is 19.4 Å². The summed E-state index contributed by atoms with van der Waals surface area (Å²) in [6.45, 7) is 11.0. The molecule has 0 radical (unpaired) electrons. The molecule has 1 unspecified atom stereocenters. The van der Waals surface area contributed by atoms with E-state index in [1.165, 1.54) is 11.3 Å². The molecule has 9 nitrogen and oxygen atoms in total. The van der Waals surface area contributed by atoms with Gasteiger partial charge >= 0.3 is 5.97 Å². The third-order valence-corrected chi connectivity index (χ3v) is 10.6. The molecule has 252 valence electrons. The number of amides is 1. The summed E-state index contributed by atoms with van der Waals surface area (Å²) in [7, 11) is 5.59. The van der Waals surface area contributed by atoms with Gasteiger partial charge in [0.1, 0.15) is 5.01 Å². The smallest absolute Gasteiger partial charge is 0.337 e. The van der Waals surface area contributed by atoms with E-state index in [2.05, 4.69) is 30.0 Å². The molecule has 11 heteroatoms. The summed E-state index contributed by atoms with van der Waals surface area (Å²) in [6, 6.07) is 15.7. The number of carbonyl (C=O) groups is 2. The Morgan fingerprint density at radius 1 is 1.06 bits per heavy atom. The highest BCUT2D eigenvalue weighted by Gasteiger charge is 2.39. The van der Waals surface area contributed by atoms with Gasteiger partial charge < -0.3 is 19.6 Å². The molecule has 1 saturated heterocycles. The third-order valence-electron chi connectivity index (χ3n) is 9.19. The van der Waals surface area contributed by atoms with Crippen molar-refractivity contribution >= 4 is 61.8 Å². The Kier molecular flexibility index (Phi) is 8.81. The number of fused-ring (bicyclic) bond motifs is 2. The lowest BCUT2D eigenvalue weighted by Crippen LogP contribution is -2.47. The SMILES string of the molecule is Cc1cc2nc(-c3ccc4c(c3)c(N3CCC(C)(C(=O)N(C)C)CC3)nn4C)sc2c(-c2ccc(Cl)cc2)c1C(OC(C)(C)C)C(=O)O. The largest absolute Gasteiger partial charge is 0.479 e. The minimum Gasteiger partial charge on any atom is -0.479 e. The molecule has 6 rings (SSSR count). The second-order valence-electron chi connectivity index (χ2n) is 14.2. The number of piperidine rings is 1. The predicted octanol–water partition coefficient (Wildman–Crippen LogP) is 8.11. The molecule has 0 bridgehead atoms. The zero-order valence-corrected chi connectivity index (χ0v) is 30.3. The molecule has 48 heavy (non-hydrogen) atoms. The van der Waals surface area contributed by atoms with Gasteiger partial charge in [0, 0.05) is 66.7 Å². The molecule has 0 aliphatic carbocycles. The number of aliphatic carboxylic acids is 1. The van der Waals surface area contributed by atoms with Crippen LogP contribution in [0.15, 0.2) is 48.5 Å². The quantitative estimate of drug-likeness (QED) is 0.184.